The number of nitrogens with zero attached hydrogens (tertiary/aromatic N) is 2. The van der Waals surface area contributed by atoms with Gasteiger partial charge in [-0.05, 0) is 24.1 Å². The van der Waals surface area contributed by atoms with Gasteiger partial charge in [0.2, 0.25) is 0 Å². The van der Waals surface area contributed by atoms with Crippen molar-refractivity contribution in [2.75, 3.05) is 26.2 Å². The lowest BCUT2D eigenvalue weighted by atomic mass is 10.2. The summed E-state index contributed by atoms with van der Waals surface area (Å²) in [5, 5.41) is 3.22. The van der Waals surface area contributed by atoms with Crippen LogP contribution in [0.25, 0.3) is 0 Å². The number of amidine groups is 1. The van der Waals surface area contributed by atoms with Gasteiger partial charge in [0.05, 0.1) is 12.7 Å². The van der Waals surface area contributed by atoms with Crippen molar-refractivity contribution in [3.8, 4) is 0 Å². The van der Waals surface area contributed by atoms with Crippen LogP contribution in [0.4, 0.5) is 0 Å². The quantitative estimate of drug-likeness (QED) is 0.604. The number of hydrogen-bond donors (Lipinski definition) is 1. The molecule has 0 spiro atoms. The standard InChI is InChI=1S/C10H15Cl2N3O/c1-7-5-15(2-3-16-7)6-8-4-13-10(12)14-9(8)11/h4,7,9H,2-3,5-6H2,1H3,(H,13,14)/t7-,9?/m1/s1. The topological polar surface area (TPSA) is 36.9 Å². The summed E-state index contributed by atoms with van der Waals surface area (Å²) in [6.07, 6.45) is 2.12. The van der Waals surface area contributed by atoms with Gasteiger partial charge in [-0.25, -0.2) is 4.99 Å². The molecule has 0 radical (unpaired) electrons. The zero-order valence-electron chi connectivity index (χ0n) is 9.12. The number of morpholine rings is 1. The summed E-state index contributed by atoms with van der Waals surface area (Å²) in [6.45, 7) is 5.52. The van der Waals surface area contributed by atoms with Crippen molar-refractivity contribution in [2.24, 2.45) is 4.99 Å². The normalized spacial score (nSPS) is 31.7. The average molecular weight is 264 g/mol. The van der Waals surface area contributed by atoms with E-state index >= 15 is 0 Å². The number of nitrogens with one attached hydrogen (secondary N) is 1. The third-order valence-corrected chi connectivity index (χ3v) is 3.23. The maximum Gasteiger partial charge on any atom is 0.197 e. The Labute approximate surface area is 105 Å². The molecule has 1 saturated heterocycles. The summed E-state index contributed by atoms with van der Waals surface area (Å²) in [5.41, 5.74) is 0.687. The molecular formula is C10H15Cl2N3O. The molecule has 0 amide bonds. The van der Waals surface area contributed by atoms with E-state index in [1.807, 2.05) is 6.20 Å². The van der Waals surface area contributed by atoms with E-state index in [0.29, 0.717) is 5.29 Å². The van der Waals surface area contributed by atoms with Gasteiger partial charge in [-0.3, -0.25) is 4.90 Å². The summed E-state index contributed by atoms with van der Waals surface area (Å²) < 4.78 is 5.48. The Morgan fingerprint density at radius 3 is 3.19 bits per heavy atom. The van der Waals surface area contributed by atoms with Crippen molar-refractivity contribution < 1.29 is 4.74 Å². The Morgan fingerprint density at radius 2 is 2.50 bits per heavy atom. The van der Waals surface area contributed by atoms with Gasteiger partial charge in [0.25, 0.3) is 0 Å². The zero-order chi connectivity index (χ0) is 11.5. The van der Waals surface area contributed by atoms with E-state index in [1.54, 1.807) is 0 Å². The number of hydrogen-bond acceptors (Lipinski definition) is 4. The minimum Gasteiger partial charge on any atom is -0.376 e. The average Bonchev–Trinajstić information content (AvgIpc) is 2.22. The molecule has 90 valence electrons. The third kappa shape index (κ3) is 3.10. The van der Waals surface area contributed by atoms with Crippen molar-refractivity contribution in [1.82, 2.24) is 10.2 Å². The van der Waals surface area contributed by atoms with E-state index < -0.39 is 0 Å². The summed E-state index contributed by atoms with van der Waals surface area (Å²) in [7, 11) is 0. The number of rotatable bonds is 2. The molecule has 0 saturated carbocycles. The highest BCUT2D eigenvalue weighted by Crippen LogP contribution is 2.17. The van der Waals surface area contributed by atoms with E-state index in [1.165, 1.54) is 0 Å². The smallest absolute Gasteiger partial charge is 0.197 e. The number of halogens is 2. The molecule has 2 aliphatic heterocycles. The first-order valence-corrected chi connectivity index (χ1v) is 6.13. The molecule has 0 bridgehead atoms. The lowest BCUT2D eigenvalue weighted by Gasteiger charge is -2.32. The second kappa shape index (κ2) is 5.36. The van der Waals surface area contributed by atoms with E-state index in [2.05, 4.69) is 22.1 Å². The Balaban J connectivity index is 1.90. The molecule has 1 unspecified atom stereocenters. The van der Waals surface area contributed by atoms with Crippen LogP contribution in [-0.4, -0.2) is 48.0 Å². The molecule has 2 rings (SSSR count). The predicted octanol–water partition coefficient (Wildman–Crippen LogP) is 1.35. The predicted molar refractivity (Wildman–Crippen MR) is 66.0 cm³/mol. The van der Waals surface area contributed by atoms with Crippen LogP contribution >= 0.6 is 23.2 Å². The molecule has 1 fully saturated rings. The second-order valence-electron chi connectivity index (χ2n) is 4.04. The van der Waals surface area contributed by atoms with Gasteiger partial charge in [0.15, 0.2) is 10.8 Å². The molecule has 2 heterocycles. The van der Waals surface area contributed by atoms with Crippen molar-refractivity contribution >= 4 is 28.5 Å². The Bertz CT molecular complexity index is 319. The molecule has 6 heteroatoms. The molecule has 0 aromatic carbocycles. The fraction of sp³-hybridized carbons (Fsp3) is 0.700. The molecule has 1 N–H and O–H groups in total. The van der Waals surface area contributed by atoms with Crippen LogP contribution in [0.1, 0.15) is 6.92 Å². The fourth-order valence-corrected chi connectivity index (χ4v) is 2.29. The van der Waals surface area contributed by atoms with Crippen LogP contribution < -0.4 is 5.32 Å². The SMILES string of the molecule is C[C@@H]1CN(CC2=CNC(Cl)=NC2Cl)CCO1. The van der Waals surface area contributed by atoms with Gasteiger partial charge in [-0.1, -0.05) is 11.6 Å². The number of ether oxygens (including phenoxy) is 1. The van der Waals surface area contributed by atoms with E-state index in [0.717, 1.165) is 31.8 Å². The van der Waals surface area contributed by atoms with Crippen LogP contribution in [0.3, 0.4) is 0 Å². The van der Waals surface area contributed by atoms with Crippen LogP contribution in [0.5, 0.6) is 0 Å². The second-order valence-corrected chi connectivity index (χ2v) is 4.81. The highest BCUT2D eigenvalue weighted by Gasteiger charge is 2.21. The number of aliphatic imine (C=N–C) groups is 1. The van der Waals surface area contributed by atoms with Crippen molar-refractivity contribution in [2.45, 2.75) is 18.5 Å². The van der Waals surface area contributed by atoms with Crippen LogP contribution in [0, 0.1) is 0 Å². The van der Waals surface area contributed by atoms with Gasteiger partial charge in [0.1, 0.15) is 0 Å². The van der Waals surface area contributed by atoms with Crippen molar-refractivity contribution in [3.63, 3.8) is 0 Å². The zero-order valence-corrected chi connectivity index (χ0v) is 10.6. The van der Waals surface area contributed by atoms with Gasteiger partial charge >= 0.3 is 0 Å². The summed E-state index contributed by atoms with van der Waals surface area (Å²) in [4.78, 5) is 6.37. The van der Waals surface area contributed by atoms with Gasteiger partial charge in [-0.2, -0.15) is 0 Å². The first-order valence-electron chi connectivity index (χ1n) is 5.32. The third-order valence-electron chi connectivity index (χ3n) is 2.64. The lowest BCUT2D eigenvalue weighted by molar-refractivity contribution is -0.0150. The van der Waals surface area contributed by atoms with E-state index in [-0.39, 0.29) is 11.6 Å². The Kier molecular flexibility index (Phi) is 4.08. The van der Waals surface area contributed by atoms with Crippen LogP contribution in [-0.2, 0) is 4.74 Å². The number of alkyl halides is 1. The van der Waals surface area contributed by atoms with Crippen molar-refractivity contribution in [3.05, 3.63) is 11.8 Å². The minimum atomic E-state index is -0.355. The fourth-order valence-electron chi connectivity index (χ4n) is 1.85. The maximum absolute atomic E-state index is 6.09. The largest absolute Gasteiger partial charge is 0.376 e. The Morgan fingerprint density at radius 1 is 1.69 bits per heavy atom. The van der Waals surface area contributed by atoms with Crippen molar-refractivity contribution in [1.29, 1.82) is 0 Å². The van der Waals surface area contributed by atoms with Gasteiger partial charge < -0.3 is 10.1 Å². The van der Waals surface area contributed by atoms with Gasteiger partial charge in [-0.15, -0.1) is 0 Å². The summed E-state index contributed by atoms with van der Waals surface area (Å²) in [6, 6.07) is 0. The maximum atomic E-state index is 6.09. The first kappa shape index (κ1) is 12.2. The molecular weight excluding hydrogens is 249 g/mol. The molecule has 2 atom stereocenters. The van der Waals surface area contributed by atoms with E-state index in [9.17, 15) is 0 Å². The molecule has 4 nitrogen and oxygen atoms in total. The summed E-state index contributed by atoms with van der Waals surface area (Å²) >= 11 is 11.8. The first-order chi connectivity index (χ1) is 7.65. The van der Waals surface area contributed by atoms with Crippen LogP contribution in [0.2, 0.25) is 0 Å². The summed E-state index contributed by atoms with van der Waals surface area (Å²) in [5.74, 6) is 0. The van der Waals surface area contributed by atoms with Crippen LogP contribution in [0.15, 0.2) is 16.8 Å². The molecule has 0 aliphatic carbocycles. The molecule has 2 aliphatic rings. The monoisotopic (exact) mass is 263 g/mol. The van der Waals surface area contributed by atoms with Gasteiger partial charge in [0, 0.05) is 25.8 Å². The highest BCUT2D eigenvalue weighted by atomic mass is 35.5. The molecule has 0 aromatic rings. The minimum absolute atomic E-state index is 0.284. The Hall–Kier alpha value is -0.290. The molecule has 0 aromatic heterocycles. The lowest BCUT2D eigenvalue weighted by Crippen LogP contribution is -2.43. The van der Waals surface area contributed by atoms with E-state index in [4.69, 9.17) is 27.9 Å². The molecule has 16 heavy (non-hydrogen) atoms. The highest BCUT2D eigenvalue weighted by molar-refractivity contribution is 6.65.